The van der Waals surface area contributed by atoms with Gasteiger partial charge in [-0.05, 0) is 19.3 Å². The first-order valence-corrected chi connectivity index (χ1v) is 14.5. The van der Waals surface area contributed by atoms with Gasteiger partial charge in [-0.2, -0.15) is 0 Å². The molecule has 0 bridgehead atoms. The Bertz CT molecular complexity index is 435. The molecule has 0 aromatic heterocycles. The third-order valence-electron chi connectivity index (χ3n) is 6.43. The summed E-state index contributed by atoms with van der Waals surface area (Å²) in [5.41, 5.74) is 0. The Kier molecular flexibility index (Phi) is 24.7. The summed E-state index contributed by atoms with van der Waals surface area (Å²) in [6.07, 6.45) is 25.4. The molecule has 0 amide bonds. The Morgan fingerprint density at radius 3 is 1.42 bits per heavy atom. The first kappa shape index (κ1) is 31.9. The highest BCUT2D eigenvalue weighted by Gasteiger charge is 2.14. The minimum atomic E-state index is -0.283. The van der Waals surface area contributed by atoms with E-state index in [4.69, 9.17) is 9.47 Å². The van der Waals surface area contributed by atoms with Crippen molar-refractivity contribution >= 4 is 11.9 Å². The molecule has 196 valence electrons. The van der Waals surface area contributed by atoms with Crippen LogP contribution in [0.15, 0.2) is 0 Å². The number of esters is 2. The van der Waals surface area contributed by atoms with Gasteiger partial charge in [0, 0.05) is 0 Å². The molecule has 0 heterocycles. The van der Waals surface area contributed by atoms with Gasteiger partial charge in [-0.25, -0.2) is 0 Å². The van der Waals surface area contributed by atoms with E-state index >= 15 is 0 Å². The topological polar surface area (TPSA) is 52.6 Å². The Balaban J connectivity index is 3.36. The molecule has 0 aliphatic heterocycles. The van der Waals surface area contributed by atoms with Crippen LogP contribution in [0.5, 0.6) is 0 Å². The monoisotopic (exact) mass is 468 g/mol. The molecule has 4 heteroatoms. The predicted molar refractivity (Wildman–Crippen MR) is 139 cm³/mol. The van der Waals surface area contributed by atoms with E-state index in [0.29, 0.717) is 6.61 Å². The van der Waals surface area contributed by atoms with Gasteiger partial charge in [0.25, 0.3) is 0 Å². The lowest BCUT2D eigenvalue weighted by molar-refractivity contribution is -0.154. The minimum absolute atomic E-state index is 0.0152. The minimum Gasteiger partial charge on any atom is -0.466 e. The molecule has 1 atom stereocenters. The molecule has 0 spiro atoms. The highest BCUT2D eigenvalue weighted by Crippen LogP contribution is 2.14. The van der Waals surface area contributed by atoms with Crippen LogP contribution < -0.4 is 0 Å². The molecular weight excluding hydrogens is 412 g/mol. The van der Waals surface area contributed by atoms with E-state index in [-0.39, 0.29) is 30.9 Å². The van der Waals surface area contributed by atoms with Gasteiger partial charge in [-0.3, -0.25) is 9.59 Å². The van der Waals surface area contributed by atoms with Crippen molar-refractivity contribution in [3.05, 3.63) is 0 Å². The van der Waals surface area contributed by atoms with Gasteiger partial charge in [0.15, 0.2) is 0 Å². The molecule has 0 fully saturated rings. The molecule has 0 aliphatic rings. The van der Waals surface area contributed by atoms with Gasteiger partial charge < -0.3 is 9.47 Å². The molecule has 0 saturated heterocycles. The fraction of sp³-hybridized carbons (Fsp3) is 0.931. The quantitative estimate of drug-likeness (QED) is 0.0990. The van der Waals surface area contributed by atoms with Gasteiger partial charge in [-0.15, -0.1) is 0 Å². The summed E-state index contributed by atoms with van der Waals surface area (Å²) in [5.74, 6) is -0.563. The van der Waals surface area contributed by atoms with Crippen molar-refractivity contribution in [2.75, 3.05) is 6.61 Å². The largest absolute Gasteiger partial charge is 0.466 e. The second-order valence-corrected chi connectivity index (χ2v) is 9.69. The highest BCUT2D eigenvalue weighted by atomic mass is 16.5. The second kappa shape index (κ2) is 25.6. The summed E-state index contributed by atoms with van der Waals surface area (Å²) >= 11 is 0. The van der Waals surface area contributed by atoms with Gasteiger partial charge in [0.05, 0.1) is 19.4 Å². The predicted octanol–water partition coefficient (Wildman–Crippen LogP) is 9.08. The Labute approximate surface area is 206 Å². The first-order chi connectivity index (χ1) is 16.1. The number of rotatable bonds is 25. The molecule has 1 unspecified atom stereocenters. The van der Waals surface area contributed by atoms with Crippen molar-refractivity contribution in [2.24, 2.45) is 0 Å². The van der Waals surface area contributed by atoms with E-state index in [1.807, 2.05) is 6.92 Å². The molecule has 33 heavy (non-hydrogen) atoms. The number of hydrogen-bond donors (Lipinski definition) is 0. The number of carbonyl (C=O) groups excluding carboxylic acids is 2. The van der Waals surface area contributed by atoms with E-state index in [1.54, 1.807) is 0 Å². The number of hydrogen-bond acceptors (Lipinski definition) is 4. The highest BCUT2D eigenvalue weighted by molar-refractivity contribution is 5.77. The van der Waals surface area contributed by atoms with Gasteiger partial charge >= 0.3 is 11.9 Å². The number of carbonyl (C=O) groups is 2. The number of unbranched alkanes of at least 4 members (excludes halogenated alkanes) is 16. The lowest BCUT2D eigenvalue weighted by Gasteiger charge is -2.15. The average Bonchev–Trinajstić information content (AvgIpc) is 2.82. The SMILES string of the molecule is CCCCCCCCCCCCCCCCCCOC(=O)CCC(=O)OC(CC)CCCC. The maximum atomic E-state index is 11.9. The van der Waals surface area contributed by atoms with E-state index in [9.17, 15) is 9.59 Å². The van der Waals surface area contributed by atoms with Gasteiger partial charge in [0.2, 0.25) is 0 Å². The third kappa shape index (κ3) is 23.9. The maximum absolute atomic E-state index is 11.9. The van der Waals surface area contributed by atoms with E-state index in [2.05, 4.69) is 13.8 Å². The summed E-state index contributed by atoms with van der Waals surface area (Å²) in [7, 11) is 0. The third-order valence-corrected chi connectivity index (χ3v) is 6.43. The summed E-state index contributed by atoms with van der Waals surface area (Å²) in [4.78, 5) is 23.7. The van der Waals surface area contributed by atoms with Gasteiger partial charge in [-0.1, -0.05) is 130 Å². The summed E-state index contributed by atoms with van der Waals surface area (Å²) in [6.45, 7) is 6.91. The molecule has 0 aromatic rings. The fourth-order valence-corrected chi connectivity index (χ4v) is 4.14. The zero-order valence-corrected chi connectivity index (χ0v) is 22.5. The summed E-state index contributed by atoms with van der Waals surface area (Å²) in [5, 5.41) is 0. The van der Waals surface area contributed by atoms with Crippen LogP contribution in [0.3, 0.4) is 0 Å². The van der Waals surface area contributed by atoms with Crippen molar-refractivity contribution in [2.45, 2.75) is 168 Å². The first-order valence-electron chi connectivity index (χ1n) is 14.5. The van der Waals surface area contributed by atoms with E-state index in [1.165, 1.54) is 89.9 Å². The number of ether oxygens (including phenoxy) is 2. The molecule has 0 aliphatic carbocycles. The van der Waals surface area contributed by atoms with Crippen LogP contribution in [0.25, 0.3) is 0 Å². The molecule has 0 rings (SSSR count). The Morgan fingerprint density at radius 1 is 0.545 bits per heavy atom. The van der Waals surface area contributed by atoms with Crippen molar-refractivity contribution in [3.8, 4) is 0 Å². The Hall–Kier alpha value is -1.06. The summed E-state index contributed by atoms with van der Waals surface area (Å²) < 4.78 is 10.7. The van der Waals surface area contributed by atoms with E-state index < -0.39 is 0 Å². The molecule has 0 saturated carbocycles. The van der Waals surface area contributed by atoms with Crippen LogP contribution in [0, 0.1) is 0 Å². The Morgan fingerprint density at radius 2 is 0.970 bits per heavy atom. The molecule has 4 nitrogen and oxygen atoms in total. The fourth-order valence-electron chi connectivity index (χ4n) is 4.14. The molecule has 0 aromatic carbocycles. The van der Waals surface area contributed by atoms with Crippen molar-refractivity contribution in [1.82, 2.24) is 0 Å². The second-order valence-electron chi connectivity index (χ2n) is 9.69. The van der Waals surface area contributed by atoms with Crippen molar-refractivity contribution in [3.63, 3.8) is 0 Å². The van der Waals surface area contributed by atoms with Crippen LogP contribution in [-0.2, 0) is 19.1 Å². The smallest absolute Gasteiger partial charge is 0.306 e. The lowest BCUT2D eigenvalue weighted by Crippen LogP contribution is -2.18. The average molecular weight is 469 g/mol. The molecular formula is C29H56O4. The maximum Gasteiger partial charge on any atom is 0.306 e. The zero-order chi connectivity index (χ0) is 24.4. The molecule has 0 radical (unpaired) electrons. The summed E-state index contributed by atoms with van der Waals surface area (Å²) in [6, 6.07) is 0. The van der Waals surface area contributed by atoms with Gasteiger partial charge in [0.1, 0.15) is 6.10 Å². The lowest BCUT2D eigenvalue weighted by atomic mass is 10.0. The van der Waals surface area contributed by atoms with E-state index in [0.717, 1.165) is 38.5 Å². The van der Waals surface area contributed by atoms with Crippen LogP contribution in [0.1, 0.15) is 162 Å². The van der Waals surface area contributed by atoms with Crippen LogP contribution in [-0.4, -0.2) is 24.6 Å². The van der Waals surface area contributed by atoms with Crippen molar-refractivity contribution < 1.29 is 19.1 Å². The standard InChI is InChI=1S/C29H56O4/c1-4-7-9-10-11-12-13-14-15-16-17-18-19-20-21-22-26-32-28(30)24-25-29(31)33-27(6-3)23-8-5-2/h27H,4-26H2,1-3H3. The normalized spacial score (nSPS) is 12.0. The van der Waals surface area contributed by atoms with Crippen LogP contribution in [0.4, 0.5) is 0 Å². The van der Waals surface area contributed by atoms with Crippen LogP contribution >= 0.6 is 0 Å². The molecule has 0 N–H and O–H groups in total. The zero-order valence-electron chi connectivity index (χ0n) is 22.5. The van der Waals surface area contributed by atoms with Crippen molar-refractivity contribution in [1.29, 1.82) is 0 Å². The van der Waals surface area contributed by atoms with Crippen LogP contribution in [0.2, 0.25) is 0 Å².